The predicted molar refractivity (Wildman–Crippen MR) is 137 cm³/mol. The predicted octanol–water partition coefficient (Wildman–Crippen LogP) is 1.98. The Balaban J connectivity index is 0.985. The molecule has 7 heterocycles. The first-order chi connectivity index (χ1) is 18.1. The lowest BCUT2D eigenvalue weighted by molar-refractivity contribution is -0.0435. The second-order valence-electron chi connectivity index (χ2n) is 11.0. The highest BCUT2D eigenvalue weighted by molar-refractivity contribution is 5.74. The van der Waals surface area contributed by atoms with E-state index in [4.69, 9.17) is 9.72 Å². The largest absolute Gasteiger partial charge is 0.370 e. The molecule has 10 heteroatoms. The summed E-state index contributed by atoms with van der Waals surface area (Å²) in [6.45, 7) is 8.34. The molecule has 4 atom stereocenters. The zero-order chi connectivity index (χ0) is 25.1. The minimum atomic E-state index is -0.415. The van der Waals surface area contributed by atoms with Crippen LogP contribution >= 0.6 is 0 Å². The number of likely N-dealkylation sites (tertiary alicyclic amines) is 1. The number of nitrogens with zero attached hydrogens (tertiary/aromatic N) is 7. The summed E-state index contributed by atoms with van der Waals surface area (Å²) in [6, 6.07) is 11.3. The van der Waals surface area contributed by atoms with Gasteiger partial charge in [-0.25, -0.2) is 13.9 Å². The Hall–Kier alpha value is -3.26. The number of halogens is 1. The molecule has 3 aromatic heterocycles. The minimum Gasteiger partial charge on any atom is -0.370 e. The second kappa shape index (κ2) is 8.94. The van der Waals surface area contributed by atoms with Gasteiger partial charge in [-0.3, -0.25) is 4.90 Å². The van der Waals surface area contributed by atoms with Crippen LogP contribution in [0.1, 0.15) is 30.5 Å². The van der Waals surface area contributed by atoms with E-state index < -0.39 is 5.82 Å². The van der Waals surface area contributed by atoms with Gasteiger partial charge in [0.25, 0.3) is 0 Å². The van der Waals surface area contributed by atoms with Gasteiger partial charge in [-0.05, 0) is 37.1 Å². The second-order valence-corrected chi connectivity index (χ2v) is 11.0. The Labute approximate surface area is 215 Å². The Morgan fingerprint density at radius 1 is 1.14 bits per heavy atom. The molecule has 4 aliphatic heterocycles. The summed E-state index contributed by atoms with van der Waals surface area (Å²) in [7, 11) is 0. The highest BCUT2D eigenvalue weighted by Gasteiger charge is 2.38. The van der Waals surface area contributed by atoms with E-state index in [1.54, 1.807) is 6.07 Å². The number of ether oxygens (including phenoxy) is 1. The van der Waals surface area contributed by atoms with E-state index in [9.17, 15) is 9.65 Å². The van der Waals surface area contributed by atoms with Crippen LogP contribution in [0.4, 0.5) is 15.9 Å². The molecule has 4 aliphatic rings. The van der Waals surface area contributed by atoms with Gasteiger partial charge in [-0.2, -0.15) is 10.4 Å². The van der Waals surface area contributed by atoms with E-state index in [0.717, 1.165) is 44.2 Å². The van der Waals surface area contributed by atoms with Gasteiger partial charge in [0.2, 0.25) is 0 Å². The van der Waals surface area contributed by atoms with Gasteiger partial charge in [-0.15, -0.1) is 0 Å². The smallest absolute Gasteiger partial charge is 0.171 e. The fraction of sp³-hybridized carbons (Fsp3) is 0.519. The quantitative estimate of drug-likeness (QED) is 0.567. The highest BCUT2D eigenvalue weighted by Crippen LogP contribution is 2.33. The van der Waals surface area contributed by atoms with Gasteiger partial charge < -0.3 is 19.9 Å². The standard InChI is InChI=1S/C27H31FN8O/c1-17-11-34(25-4-3-21(7-29)36-27(25)24(28)10-32-36)16-23(37-17)15-33-12-19(13-33)18-2-5-26(31-8-18)35-14-20-6-22(35)9-30-20/h2-5,8,10,17,19-20,22-23,30H,6,9,11-16H2,1H3/t17-,20+,22+,23+/m1/s1. The monoisotopic (exact) mass is 502 g/mol. The molecule has 192 valence electrons. The van der Waals surface area contributed by atoms with Crippen molar-refractivity contribution in [1.29, 1.82) is 5.26 Å². The number of aromatic nitrogens is 3. The molecule has 0 saturated carbocycles. The van der Waals surface area contributed by atoms with Gasteiger partial charge in [0.1, 0.15) is 23.1 Å². The van der Waals surface area contributed by atoms with Crippen molar-refractivity contribution in [3.8, 4) is 6.07 Å². The number of hydrogen-bond acceptors (Lipinski definition) is 8. The SMILES string of the molecule is C[C@@H]1CN(c2ccc(C#N)n3ncc(F)c23)C[C@H](CN2CC(c3ccc(N4C[C@@H]5C[C@H]4CN5)nc3)C2)O1. The molecule has 4 fully saturated rings. The number of fused-ring (bicyclic) bond motifs is 3. The van der Waals surface area contributed by atoms with Crippen LogP contribution in [0, 0.1) is 17.1 Å². The van der Waals surface area contributed by atoms with Crippen LogP contribution in [-0.2, 0) is 4.74 Å². The number of nitrogens with one attached hydrogen (secondary N) is 1. The first-order valence-electron chi connectivity index (χ1n) is 13.2. The molecule has 9 nitrogen and oxygen atoms in total. The number of anilines is 2. The lowest BCUT2D eigenvalue weighted by Gasteiger charge is -2.45. The third kappa shape index (κ3) is 4.02. The number of pyridine rings is 2. The molecule has 37 heavy (non-hydrogen) atoms. The number of rotatable bonds is 5. The maximum absolute atomic E-state index is 14.6. The summed E-state index contributed by atoms with van der Waals surface area (Å²) in [6.07, 6.45) is 4.51. The van der Waals surface area contributed by atoms with Crippen LogP contribution in [0.25, 0.3) is 5.52 Å². The third-order valence-corrected chi connectivity index (χ3v) is 8.39. The number of piperazine rings is 1. The van der Waals surface area contributed by atoms with Gasteiger partial charge >= 0.3 is 0 Å². The van der Waals surface area contributed by atoms with E-state index in [2.05, 4.69) is 56.4 Å². The Morgan fingerprint density at radius 2 is 2.03 bits per heavy atom. The molecule has 0 spiro atoms. The molecular formula is C27H31FN8O. The molecule has 3 aromatic rings. The van der Waals surface area contributed by atoms with Crippen molar-refractivity contribution in [3.05, 3.63) is 53.7 Å². The van der Waals surface area contributed by atoms with Gasteiger partial charge in [-0.1, -0.05) is 6.07 Å². The Kier molecular flexibility index (Phi) is 5.53. The Bertz CT molecular complexity index is 1350. The normalized spacial score (nSPS) is 28.1. The maximum Gasteiger partial charge on any atom is 0.171 e. The van der Waals surface area contributed by atoms with Crippen molar-refractivity contribution in [3.63, 3.8) is 0 Å². The lowest BCUT2D eigenvalue weighted by Crippen LogP contribution is -2.55. The van der Waals surface area contributed by atoms with Crippen molar-refractivity contribution >= 4 is 17.0 Å². The summed E-state index contributed by atoms with van der Waals surface area (Å²) >= 11 is 0. The number of nitriles is 1. The van der Waals surface area contributed by atoms with E-state index in [0.29, 0.717) is 42.3 Å². The van der Waals surface area contributed by atoms with Crippen LogP contribution in [0.5, 0.6) is 0 Å². The zero-order valence-electron chi connectivity index (χ0n) is 20.9. The fourth-order valence-corrected chi connectivity index (χ4v) is 6.60. The molecule has 2 bridgehead atoms. The first kappa shape index (κ1) is 22.9. The van der Waals surface area contributed by atoms with E-state index in [1.807, 2.05) is 6.07 Å². The molecule has 0 unspecified atom stereocenters. The number of hydrogen-bond donors (Lipinski definition) is 1. The molecule has 0 amide bonds. The summed E-state index contributed by atoms with van der Waals surface area (Å²) in [5.41, 5.74) is 2.73. The fourth-order valence-electron chi connectivity index (χ4n) is 6.60. The molecule has 0 aliphatic carbocycles. The summed E-state index contributed by atoms with van der Waals surface area (Å²) < 4.78 is 22.3. The van der Waals surface area contributed by atoms with Crippen LogP contribution < -0.4 is 15.1 Å². The van der Waals surface area contributed by atoms with E-state index in [-0.39, 0.29) is 12.2 Å². The van der Waals surface area contributed by atoms with Crippen LogP contribution in [0.3, 0.4) is 0 Å². The minimum absolute atomic E-state index is 0.0188. The molecule has 1 N–H and O–H groups in total. The summed E-state index contributed by atoms with van der Waals surface area (Å²) in [5.74, 6) is 1.18. The average molecular weight is 503 g/mol. The molecule has 0 radical (unpaired) electrons. The average Bonchev–Trinajstić information content (AvgIpc) is 3.62. The topological polar surface area (TPSA) is 85.0 Å². The molecule has 4 saturated heterocycles. The third-order valence-electron chi connectivity index (χ3n) is 8.39. The maximum atomic E-state index is 14.6. The van der Waals surface area contributed by atoms with Crippen LogP contribution in [0.2, 0.25) is 0 Å². The summed E-state index contributed by atoms with van der Waals surface area (Å²) in [4.78, 5) is 11.9. The lowest BCUT2D eigenvalue weighted by atomic mass is 9.92. The highest BCUT2D eigenvalue weighted by atomic mass is 19.1. The Morgan fingerprint density at radius 3 is 2.76 bits per heavy atom. The van der Waals surface area contributed by atoms with E-state index in [1.165, 1.54) is 22.7 Å². The van der Waals surface area contributed by atoms with Crippen molar-refractivity contribution in [2.45, 2.75) is 43.6 Å². The first-order valence-corrected chi connectivity index (χ1v) is 13.2. The van der Waals surface area contributed by atoms with Gasteiger partial charge in [0.15, 0.2) is 5.82 Å². The summed E-state index contributed by atoms with van der Waals surface area (Å²) in [5, 5.41) is 17.0. The zero-order valence-corrected chi connectivity index (χ0v) is 20.9. The number of morpholine rings is 1. The van der Waals surface area contributed by atoms with Crippen LogP contribution in [0.15, 0.2) is 36.7 Å². The van der Waals surface area contributed by atoms with Gasteiger partial charge in [0, 0.05) is 70.0 Å². The van der Waals surface area contributed by atoms with E-state index >= 15 is 0 Å². The van der Waals surface area contributed by atoms with Crippen LogP contribution in [-0.4, -0.2) is 89.6 Å². The molecule has 0 aromatic carbocycles. The van der Waals surface area contributed by atoms with Crippen molar-refractivity contribution in [2.75, 3.05) is 55.6 Å². The van der Waals surface area contributed by atoms with Gasteiger partial charge in [0.05, 0.1) is 24.1 Å². The van der Waals surface area contributed by atoms with Crippen molar-refractivity contribution in [1.82, 2.24) is 24.8 Å². The molecule has 7 rings (SSSR count). The molecular weight excluding hydrogens is 471 g/mol. The van der Waals surface area contributed by atoms with Crippen molar-refractivity contribution < 1.29 is 9.13 Å². The van der Waals surface area contributed by atoms with Crippen molar-refractivity contribution in [2.24, 2.45) is 0 Å².